The first-order valence-electron chi connectivity index (χ1n) is 12.8. The Morgan fingerprint density at radius 3 is 2.50 bits per heavy atom. The van der Waals surface area contributed by atoms with Gasteiger partial charge >= 0.3 is 0 Å². The molecule has 10 nitrogen and oxygen atoms in total. The zero-order chi connectivity index (χ0) is 29.4. The van der Waals surface area contributed by atoms with E-state index in [-0.39, 0.29) is 49.6 Å². The van der Waals surface area contributed by atoms with Crippen molar-refractivity contribution in [3.63, 3.8) is 0 Å². The molecule has 0 fully saturated rings. The van der Waals surface area contributed by atoms with E-state index in [9.17, 15) is 29.4 Å². The number of amides is 2. The van der Waals surface area contributed by atoms with Gasteiger partial charge in [0, 0.05) is 37.1 Å². The van der Waals surface area contributed by atoms with Gasteiger partial charge in [0.1, 0.15) is 18.5 Å². The zero-order valence-electron chi connectivity index (χ0n) is 22.6. The van der Waals surface area contributed by atoms with Gasteiger partial charge in [0.25, 0.3) is 5.91 Å². The molecule has 0 saturated heterocycles. The highest BCUT2D eigenvalue weighted by atomic mass is 127. The van der Waals surface area contributed by atoms with E-state index < -0.39 is 35.8 Å². The molecule has 2 aromatic carbocycles. The predicted molar refractivity (Wildman–Crippen MR) is 155 cm³/mol. The molecule has 0 aromatic heterocycles. The Morgan fingerprint density at radius 1 is 1.20 bits per heavy atom. The zero-order valence-corrected chi connectivity index (χ0v) is 24.7. The van der Waals surface area contributed by atoms with E-state index in [2.05, 4.69) is 5.32 Å². The first-order valence-corrected chi connectivity index (χ1v) is 13.9. The quantitative estimate of drug-likeness (QED) is 0.179. The number of aliphatic hydroxyl groups is 2. The van der Waals surface area contributed by atoms with Crippen molar-refractivity contribution in [1.82, 2.24) is 10.2 Å². The largest absolute Gasteiger partial charge is 0.493 e. The van der Waals surface area contributed by atoms with Crippen LogP contribution in [0, 0.1) is 10.5 Å². The van der Waals surface area contributed by atoms with E-state index >= 15 is 0 Å². The number of nitrogens with one attached hydrogen (secondary N) is 1. The Kier molecular flexibility index (Phi) is 11.2. The summed E-state index contributed by atoms with van der Waals surface area (Å²) in [5, 5.41) is 23.4. The number of ether oxygens (including phenoxy) is 2. The van der Waals surface area contributed by atoms with E-state index in [4.69, 9.17) is 9.47 Å². The van der Waals surface area contributed by atoms with Crippen molar-refractivity contribution in [3.05, 3.63) is 68.3 Å². The van der Waals surface area contributed by atoms with Gasteiger partial charge < -0.3 is 29.9 Å². The predicted octanol–water partition coefficient (Wildman–Crippen LogP) is 2.34. The number of Topliss-reactive ketones (excluding diaryl/α,β-unsaturated/α-hetero) is 1. The molecule has 0 radical (unpaired) electrons. The van der Waals surface area contributed by atoms with Gasteiger partial charge in [-0.05, 0) is 53.3 Å². The number of rotatable bonds is 12. The molecule has 0 spiro atoms. The third kappa shape index (κ3) is 7.46. The number of methoxy groups -OCH3 is 1. The summed E-state index contributed by atoms with van der Waals surface area (Å²) in [6, 6.07) is 9.52. The highest BCUT2D eigenvalue weighted by molar-refractivity contribution is 14.1. The lowest BCUT2D eigenvalue weighted by atomic mass is 9.87. The minimum Gasteiger partial charge on any atom is -0.493 e. The van der Waals surface area contributed by atoms with Crippen molar-refractivity contribution in [1.29, 1.82) is 0 Å². The molecule has 0 unspecified atom stereocenters. The van der Waals surface area contributed by atoms with E-state index in [0.29, 0.717) is 15.4 Å². The fraction of sp³-hybridized carbons (Fsp3) is 0.379. The molecule has 0 bridgehead atoms. The molecule has 40 heavy (non-hydrogen) atoms. The molecule has 1 aliphatic rings. The average Bonchev–Trinajstić information content (AvgIpc) is 2.96. The fourth-order valence-corrected chi connectivity index (χ4v) is 5.13. The van der Waals surface area contributed by atoms with Crippen molar-refractivity contribution in [2.24, 2.45) is 0 Å². The molecular formula is C29H33IN2O8. The van der Waals surface area contributed by atoms with Crippen LogP contribution >= 0.6 is 22.6 Å². The second kappa shape index (κ2) is 14.4. The number of carbonyl (C=O) groups excluding carboxylic acids is 4. The molecule has 3 rings (SSSR count). The Hall–Kier alpha value is -3.29. The summed E-state index contributed by atoms with van der Waals surface area (Å²) in [4.78, 5) is 51.6. The van der Waals surface area contributed by atoms with Crippen LogP contribution in [0.15, 0.2) is 48.0 Å². The van der Waals surface area contributed by atoms with Crippen molar-refractivity contribution in [2.45, 2.75) is 51.5 Å². The highest BCUT2D eigenvalue weighted by Crippen LogP contribution is 2.37. The molecule has 0 heterocycles. The molecule has 2 amide bonds. The van der Waals surface area contributed by atoms with Gasteiger partial charge in [-0.15, -0.1) is 0 Å². The molecule has 214 valence electrons. The monoisotopic (exact) mass is 664 g/mol. The van der Waals surface area contributed by atoms with E-state index in [0.717, 1.165) is 11.1 Å². The second-order valence-electron chi connectivity index (χ2n) is 9.36. The Morgan fingerprint density at radius 2 is 1.90 bits per heavy atom. The summed E-state index contributed by atoms with van der Waals surface area (Å²) >= 11 is 1.98. The fourth-order valence-electron chi connectivity index (χ4n) is 4.38. The third-order valence-electron chi connectivity index (χ3n) is 6.55. The number of hydrogen-bond acceptors (Lipinski definition) is 8. The normalized spacial score (nSPS) is 18.4. The van der Waals surface area contributed by atoms with Gasteiger partial charge in [-0.3, -0.25) is 19.2 Å². The van der Waals surface area contributed by atoms with E-state index in [1.165, 1.54) is 24.2 Å². The van der Waals surface area contributed by atoms with Crippen molar-refractivity contribution in [2.75, 3.05) is 20.3 Å². The van der Waals surface area contributed by atoms with Gasteiger partial charge in [-0.2, -0.15) is 0 Å². The van der Waals surface area contributed by atoms with E-state index in [1.807, 2.05) is 53.8 Å². The first-order chi connectivity index (χ1) is 19.1. The number of nitrogens with zero attached hydrogens (tertiary/aromatic N) is 1. The second-order valence-corrected chi connectivity index (χ2v) is 10.5. The number of carbonyl (C=O) groups is 4. The Labute approximate surface area is 246 Å². The van der Waals surface area contributed by atoms with Gasteiger partial charge in [0.05, 0.1) is 23.3 Å². The van der Waals surface area contributed by atoms with Gasteiger partial charge in [-0.1, -0.05) is 36.8 Å². The van der Waals surface area contributed by atoms with Crippen molar-refractivity contribution in [3.8, 4) is 11.5 Å². The highest BCUT2D eigenvalue weighted by Gasteiger charge is 2.42. The number of aliphatic hydroxyl groups excluding tert-OH is 2. The number of benzene rings is 2. The standard InChI is InChI=1S/C29H33IN2O8/c1-4-23(35)29(38)32(15-18-7-5-17(2)6-8-18)22-13-20(28(37)31-9-10-33)14-24(26(22)36)40-27-21(30)11-19(16-34)12-25(27)39-3/h5-8,11-12,14,16,22,24,26,33,36H,4,9-10,13,15H2,1-3H3,(H,31,37)/t22-,24+,26+/m1/s1. The van der Waals surface area contributed by atoms with Crippen LogP contribution in [0.1, 0.15) is 41.3 Å². The topological polar surface area (TPSA) is 142 Å². The van der Waals surface area contributed by atoms with Crippen LogP contribution in [0.2, 0.25) is 0 Å². The summed E-state index contributed by atoms with van der Waals surface area (Å²) in [6.07, 6.45) is -0.395. The van der Waals surface area contributed by atoms with Crippen LogP contribution in [0.3, 0.4) is 0 Å². The number of aldehydes is 1. The maximum absolute atomic E-state index is 13.3. The molecule has 0 saturated carbocycles. The molecule has 3 atom stereocenters. The number of aryl methyl sites for hydroxylation is 1. The van der Waals surface area contributed by atoms with Crippen LogP contribution in [-0.4, -0.2) is 77.5 Å². The minimum atomic E-state index is -1.33. The Bertz CT molecular complexity index is 1280. The SMILES string of the molecule is CCC(=O)C(=O)N(Cc1ccc(C)cc1)[C@@H]1CC(C(=O)NCCO)=C[C@H](Oc2c(I)cc(C=O)cc2OC)[C@H]1O. The average molecular weight is 664 g/mol. The summed E-state index contributed by atoms with van der Waals surface area (Å²) < 4.78 is 12.1. The lowest BCUT2D eigenvalue weighted by Gasteiger charge is -2.40. The van der Waals surface area contributed by atoms with Crippen LogP contribution in [0.5, 0.6) is 11.5 Å². The Balaban J connectivity index is 2.07. The molecule has 3 N–H and O–H groups in total. The van der Waals surface area contributed by atoms with Crippen LogP contribution in [0.25, 0.3) is 0 Å². The van der Waals surface area contributed by atoms with Gasteiger partial charge in [0.2, 0.25) is 11.7 Å². The molecule has 2 aromatic rings. The lowest BCUT2D eigenvalue weighted by Crippen LogP contribution is -2.56. The van der Waals surface area contributed by atoms with Gasteiger partial charge in [-0.25, -0.2) is 0 Å². The minimum absolute atomic E-state index is 0.00806. The molecule has 11 heteroatoms. The number of halogens is 1. The number of ketones is 1. The lowest BCUT2D eigenvalue weighted by molar-refractivity contribution is -0.149. The molecule has 0 aliphatic heterocycles. The van der Waals surface area contributed by atoms with Crippen LogP contribution in [0.4, 0.5) is 0 Å². The summed E-state index contributed by atoms with van der Waals surface area (Å²) in [5.41, 5.74) is 2.35. The maximum Gasteiger partial charge on any atom is 0.290 e. The van der Waals surface area contributed by atoms with Gasteiger partial charge in [0.15, 0.2) is 11.5 Å². The third-order valence-corrected chi connectivity index (χ3v) is 7.35. The van der Waals surface area contributed by atoms with Crippen LogP contribution < -0.4 is 14.8 Å². The van der Waals surface area contributed by atoms with Crippen LogP contribution in [-0.2, 0) is 20.9 Å². The summed E-state index contributed by atoms with van der Waals surface area (Å²) in [6.45, 7) is 3.28. The van der Waals surface area contributed by atoms with Crippen molar-refractivity contribution < 1.29 is 38.9 Å². The summed E-state index contributed by atoms with van der Waals surface area (Å²) in [7, 11) is 1.41. The summed E-state index contributed by atoms with van der Waals surface area (Å²) in [5.74, 6) is -1.41. The van der Waals surface area contributed by atoms with Crippen molar-refractivity contribution >= 4 is 46.5 Å². The van der Waals surface area contributed by atoms with E-state index in [1.54, 1.807) is 13.0 Å². The number of hydrogen-bond donors (Lipinski definition) is 3. The molecule has 1 aliphatic carbocycles. The smallest absolute Gasteiger partial charge is 0.290 e. The first kappa shape index (κ1) is 31.2. The molecular weight excluding hydrogens is 631 g/mol. The maximum atomic E-state index is 13.3.